The molecule has 0 unspecified atom stereocenters. The molecule has 2 heterocycles. The molecule has 180 valence electrons. The lowest BCUT2D eigenvalue weighted by Gasteiger charge is -2.30. The van der Waals surface area contributed by atoms with Gasteiger partial charge in [-0.25, -0.2) is 19.6 Å². The third kappa shape index (κ3) is 5.27. The molecule has 0 saturated heterocycles. The van der Waals surface area contributed by atoms with Gasteiger partial charge in [0.05, 0.1) is 25.3 Å². The Kier molecular flexibility index (Phi) is 7.08. The van der Waals surface area contributed by atoms with Gasteiger partial charge in [0.2, 0.25) is 0 Å². The third-order valence-electron chi connectivity index (χ3n) is 5.13. The van der Waals surface area contributed by atoms with E-state index in [0.29, 0.717) is 23.6 Å². The molecule has 0 atom stereocenters. The number of benzene rings is 2. The van der Waals surface area contributed by atoms with E-state index < -0.39 is 18.1 Å². The van der Waals surface area contributed by atoms with Gasteiger partial charge in [-0.15, -0.1) is 0 Å². The molecule has 34 heavy (non-hydrogen) atoms. The van der Waals surface area contributed by atoms with E-state index in [-0.39, 0.29) is 0 Å². The number of anilines is 1. The molecule has 1 aliphatic rings. The molecule has 1 aromatic heterocycles. The summed E-state index contributed by atoms with van der Waals surface area (Å²) in [5.74, 6) is -1.58. The monoisotopic (exact) mass is 479 g/mol. The molecule has 2 N–H and O–H groups in total. The molecule has 3 aromatic rings. The van der Waals surface area contributed by atoms with Gasteiger partial charge in [0, 0.05) is 24.5 Å². The zero-order chi connectivity index (χ0) is 25.0. The number of carboxylic acids is 2. The topological polar surface area (TPSA) is 122 Å². The van der Waals surface area contributed by atoms with E-state index in [1.54, 1.807) is 32.7 Å². The number of nitrogens with zero attached hydrogens (tertiary/aromatic N) is 3. The lowest BCUT2D eigenvalue weighted by atomic mass is 9.97. The van der Waals surface area contributed by atoms with Crippen molar-refractivity contribution in [2.24, 2.45) is 0 Å². The number of aromatic carboxylic acids is 1. The first-order valence-corrected chi connectivity index (χ1v) is 9.82. The van der Waals surface area contributed by atoms with E-state index in [0.717, 1.165) is 40.8 Å². The predicted octanol–water partition coefficient (Wildman–Crippen LogP) is 3.54. The molecule has 2 aromatic carbocycles. The van der Waals surface area contributed by atoms with Crippen molar-refractivity contribution in [2.45, 2.75) is 19.1 Å². The summed E-state index contributed by atoms with van der Waals surface area (Å²) < 4.78 is 42.5. The van der Waals surface area contributed by atoms with Crippen LogP contribution in [0.2, 0.25) is 0 Å². The summed E-state index contributed by atoms with van der Waals surface area (Å²) >= 11 is 0. The lowest BCUT2D eigenvalue weighted by molar-refractivity contribution is -0.192. The van der Waals surface area contributed by atoms with Crippen molar-refractivity contribution in [3.8, 4) is 11.5 Å². The number of methoxy groups -OCH3 is 2. The highest BCUT2D eigenvalue weighted by Gasteiger charge is 2.38. The molecule has 4 rings (SSSR count). The van der Waals surface area contributed by atoms with Crippen LogP contribution in [0.25, 0.3) is 10.9 Å². The van der Waals surface area contributed by atoms with Gasteiger partial charge in [-0.3, -0.25) is 0 Å². The van der Waals surface area contributed by atoms with Crippen LogP contribution in [-0.4, -0.2) is 59.1 Å². The quantitative estimate of drug-likeness (QED) is 0.579. The summed E-state index contributed by atoms with van der Waals surface area (Å²) in [5, 5.41) is 17.2. The van der Waals surface area contributed by atoms with Gasteiger partial charge in [-0.2, -0.15) is 13.2 Å². The fraction of sp³-hybridized carbons (Fsp3) is 0.273. The minimum Gasteiger partial charge on any atom is -0.493 e. The smallest absolute Gasteiger partial charge is 0.490 e. The minimum absolute atomic E-state index is 0.325. The molecular formula is C22H20F3N3O6. The Morgan fingerprint density at radius 2 is 1.65 bits per heavy atom. The number of hydrogen-bond acceptors (Lipinski definition) is 7. The van der Waals surface area contributed by atoms with Gasteiger partial charge in [0.1, 0.15) is 12.1 Å². The molecule has 0 amide bonds. The van der Waals surface area contributed by atoms with Crippen LogP contribution in [0.5, 0.6) is 11.5 Å². The number of carboxylic acid groups (broad SMARTS) is 2. The minimum atomic E-state index is -5.08. The van der Waals surface area contributed by atoms with Crippen LogP contribution in [-0.2, 0) is 17.8 Å². The van der Waals surface area contributed by atoms with E-state index in [2.05, 4.69) is 14.9 Å². The molecule has 12 heteroatoms. The first-order chi connectivity index (χ1) is 16.0. The maximum absolute atomic E-state index is 11.2. The summed E-state index contributed by atoms with van der Waals surface area (Å²) in [5.41, 5.74) is 3.29. The Morgan fingerprint density at radius 3 is 2.24 bits per heavy atom. The van der Waals surface area contributed by atoms with Crippen LogP contribution in [0, 0.1) is 0 Å². The van der Waals surface area contributed by atoms with Crippen molar-refractivity contribution >= 4 is 28.7 Å². The zero-order valence-corrected chi connectivity index (χ0v) is 18.1. The summed E-state index contributed by atoms with van der Waals surface area (Å²) in [6.07, 6.45) is -2.78. The van der Waals surface area contributed by atoms with Crippen LogP contribution in [0.4, 0.5) is 19.0 Å². The normalized spacial score (nSPS) is 12.9. The van der Waals surface area contributed by atoms with Crippen LogP contribution in [0.15, 0.2) is 36.7 Å². The number of ether oxygens (including phenoxy) is 2. The van der Waals surface area contributed by atoms with Gasteiger partial charge in [0.25, 0.3) is 0 Å². The molecule has 0 aliphatic carbocycles. The molecule has 0 spiro atoms. The fourth-order valence-corrected chi connectivity index (χ4v) is 3.49. The second kappa shape index (κ2) is 9.81. The van der Waals surface area contributed by atoms with E-state index >= 15 is 0 Å². The van der Waals surface area contributed by atoms with E-state index in [1.165, 1.54) is 0 Å². The molecule has 0 bridgehead atoms. The number of rotatable bonds is 4. The molecular weight excluding hydrogens is 459 g/mol. The molecule has 0 saturated carbocycles. The average Bonchev–Trinajstić information content (AvgIpc) is 2.81. The maximum atomic E-state index is 11.2. The maximum Gasteiger partial charge on any atom is 0.490 e. The second-order valence-corrected chi connectivity index (χ2v) is 7.18. The standard InChI is InChI=1S/C20H19N3O4.C2HF3O2/c1-26-17-8-15-16(9-18(17)27-2)21-11-22-19(15)23-6-5-12-7-13(20(24)25)3-4-14(12)10-23;3-2(4,5)1(6)7/h3-4,7-9,11H,5-6,10H2,1-2H3,(H,24,25);(H,6,7). The number of aromatic nitrogens is 2. The summed E-state index contributed by atoms with van der Waals surface area (Å²) in [4.78, 5) is 31.1. The van der Waals surface area contributed by atoms with Crippen molar-refractivity contribution in [1.82, 2.24) is 9.97 Å². The van der Waals surface area contributed by atoms with Crippen LogP contribution in [0.1, 0.15) is 21.5 Å². The Labute approximate surface area is 191 Å². The van der Waals surface area contributed by atoms with Crippen LogP contribution >= 0.6 is 0 Å². The number of alkyl halides is 3. The number of fused-ring (bicyclic) bond motifs is 2. The Balaban J connectivity index is 0.000000406. The number of carbonyl (C=O) groups is 2. The van der Waals surface area contributed by atoms with Gasteiger partial charge >= 0.3 is 18.1 Å². The molecule has 9 nitrogen and oxygen atoms in total. The molecule has 0 fully saturated rings. The number of halogens is 3. The second-order valence-electron chi connectivity index (χ2n) is 7.18. The van der Waals surface area contributed by atoms with Crippen LogP contribution < -0.4 is 14.4 Å². The van der Waals surface area contributed by atoms with Crippen molar-refractivity contribution in [1.29, 1.82) is 0 Å². The summed E-state index contributed by atoms with van der Waals surface area (Å²) in [7, 11) is 3.20. The average molecular weight is 479 g/mol. The van der Waals surface area contributed by atoms with Crippen molar-refractivity contribution < 1.29 is 42.4 Å². The van der Waals surface area contributed by atoms with Crippen molar-refractivity contribution in [3.63, 3.8) is 0 Å². The summed E-state index contributed by atoms with van der Waals surface area (Å²) in [6.45, 7) is 1.41. The highest BCUT2D eigenvalue weighted by molar-refractivity contribution is 5.92. The van der Waals surface area contributed by atoms with Gasteiger partial charge in [0.15, 0.2) is 11.5 Å². The van der Waals surface area contributed by atoms with E-state index in [1.807, 2.05) is 18.2 Å². The predicted molar refractivity (Wildman–Crippen MR) is 114 cm³/mol. The van der Waals surface area contributed by atoms with Gasteiger partial charge < -0.3 is 24.6 Å². The number of hydrogen-bond donors (Lipinski definition) is 2. The number of aliphatic carboxylic acids is 1. The van der Waals surface area contributed by atoms with E-state index in [9.17, 15) is 23.1 Å². The first-order valence-electron chi connectivity index (χ1n) is 9.82. The third-order valence-corrected chi connectivity index (χ3v) is 5.13. The first kappa shape index (κ1) is 24.6. The van der Waals surface area contributed by atoms with Crippen molar-refractivity contribution in [3.05, 3.63) is 53.3 Å². The SMILES string of the molecule is COc1cc2ncnc(N3CCc4cc(C(=O)O)ccc4C3)c2cc1OC.O=C(O)C(F)(F)F. The van der Waals surface area contributed by atoms with Crippen LogP contribution in [0.3, 0.4) is 0 Å². The highest BCUT2D eigenvalue weighted by atomic mass is 19.4. The summed E-state index contributed by atoms with van der Waals surface area (Å²) in [6, 6.07) is 9.04. The Hall–Kier alpha value is -4.09. The Bertz CT molecular complexity index is 1230. The Morgan fingerprint density at radius 1 is 1.00 bits per heavy atom. The lowest BCUT2D eigenvalue weighted by Crippen LogP contribution is -2.31. The van der Waals surface area contributed by atoms with E-state index in [4.69, 9.17) is 19.4 Å². The molecule has 1 aliphatic heterocycles. The molecule has 0 radical (unpaired) electrons. The highest BCUT2D eigenvalue weighted by Crippen LogP contribution is 2.36. The van der Waals surface area contributed by atoms with Gasteiger partial charge in [-0.1, -0.05) is 6.07 Å². The van der Waals surface area contributed by atoms with Gasteiger partial charge in [-0.05, 0) is 35.7 Å². The largest absolute Gasteiger partial charge is 0.493 e. The fourth-order valence-electron chi connectivity index (χ4n) is 3.49. The van der Waals surface area contributed by atoms with Crippen molar-refractivity contribution in [2.75, 3.05) is 25.7 Å². The zero-order valence-electron chi connectivity index (χ0n) is 18.1.